The van der Waals surface area contributed by atoms with E-state index in [1.165, 1.54) is 65.5 Å². The molecule has 470 valence electrons. The largest absolute Gasteiger partial charge is 0.497 e. The second-order valence-corrected chi connectivity index (χ2v) is 26.0. The monoisotopic (exact) mass is 1290 g/mol. The van der Waals surface area contributed by atoms with E-state index < -0.39 is 79.5 Å². The van der Waals surface area contributed by atoms with Gasteiger partial charge in [-0.15, -0.1) is 16.4 Å². The zero-order chi connectivity index (χ0) is 64.6. The van der Waals surface area contributed by atoms with Gasteiger partial charge in [0.05, 0.1) is 41.1 Å². The van der Waals surface area contributed by atoms with Gasteiger partial charge in [-0.05, 0) is 134 Å². The minimum atomic E-state index is -4.71. The van der Waals surface area contributed by atoms with Crippen molar-refractivity contribution in [1.29, 1.82) is 0 Å². The number of imide groups is 1. The third kappa shape index (κ3) is 15.6. The molecule has 9 aromatic rings. The SMILES string of the molecule is COc1ccc(C(NS(=O)(=O)c2nc3ccc(OCc4cn([C@@H](Cc5ccc(OCCOS(=O)(=O)c6ccc(C)cc6)cc5)C(=O)N(C(=O)OC(C)(C)C)C(Cc5ccc(C(F)(F)F)cc5)C(=O)O)nn4)cc3s2)(c2ccccc2)c2ccc(OC)cc2)cc1. The van der Waals surface area contributed by atoms with Crippen LogP contribution >= 0.6 is 11.3 Å². The summed E-state index contributed by atoms with van der Waals surface area (Å²) in [7, 11) is -5.47. The Bertz CT molecular complexity index is 4160. The number of methoxy groups -OCH3 is 2. The number of aryl methyl sites for hydroxylation is 1. The summed E-state index contributed by atoms with van der Waals surface area (Å²) >= 11 is 0.895. The molecule has 0 aliphatic rings. The lowest BCUT2D eigenvalue weighted by molar-refractivity contribution is -0.151. The summed E-state index contributed by atoms with van der Waals surface area (Å²) in [6.07, 6.45) is -5.63. The molecule has 0 aliphatic carbocycles. The predicted molar refractivity (Wildman–Crippen MR) is 325 cm³/mol. The average Bonchev–Trinajstić information content (AvgIpc) is 1.04. The normalized spacial score (nSPS) is 12.9. The van der Waals surface area contributed by atoms with Crippen molar-refractivity contribution in [3.05, 3.63) is 221 Å². The van der Waals surface area contributed by atoms with Crippen LogP contribution < -0.4 is 23.7 Å². The third-order valence-corrected chi connectivity index (χ3v) is 18.2. The first-order valence-corrected chi connectivity index (χ1v) is 31.4. The van der Waals surface area contributed by atoms with Crippen LogP contribution in [0.15, 0.2) is 185 Å². The molecule has 7 aromatic carbocycles. The molecule has 2 atom stereocenters. The number of amides is 2. The maximum absolute atomic E-state index is 15.2. The van der Waals surface area contributed by atoms with E-state index in [0.717, 1.165) is 45.8 Å². The van der Waals surface area contributed by atoms with E-state index in [2.05, 4.69) is 20.0 Å². The number of carboxylic acid groups (broad SMARTS) is 1. The van der Waals surface area contributed by atoms with Crippen LogP contribution in [0.1, 0.15) is 71.5 Å². The van der Waals surface area contributed by atoms with E-state index >= 15 is 4.79 Å². The fourth-order valence-corrected chi connectivity index (χ4v) is 13.1. The number of ether oxygens (including phenoxy) is 5. The molecule has 20 nitrogen and oxygen atoms in total. The Kier molecular flexibility index (Phi) is 19.8. The van der Waals surface area contributed by atoms with Gasteiger partial charge in [0, 0.05) is 12.8 Å². The molecule has 0 saturated carbocycles. The van der Waals surface area contributed by atoms with Crippen LogP contribution in [0.4, 0.5) is 18.0 Å². The van der Waals surface area contributed by atoms with Gasteiger partial charge >= 0.3 is 18.2 Å². The van der Waals surface area contributed by atoms with E-state index in [1.807, 2.05) is 37.3 Å². The van der Waals surface area contributed by atoms with Crippen LogP contribution in [-0.4, -0.2) is 104 Å². The number of aromatic nitrogens is 4. The number of carbonyl (C=O) groups excluding carboxylic acids is 2. The van der Waals surface area contributed by atoms with Crippen LogP contribution in [0.2, 0.25) is 0 Å². The standard InChI is InChI=1S/C64H61F3N6O14S3/c1-41-12-31-53(32-13-41)90(80,81)86-35-34-84-51-24-16-43(17-25-51)36-55(58(74)73(61(77)87-62(2,3)4)56(59(75)76)37-42-14-18-47(19-15-42)64(65,66)67)72-39-48(69-71-72)40-85-52-30-33-54-57(38-52)88-60(68-54)89(78,79)70-63(44-10-8-7-9-11-44,45-20-26-49(82-5)27-21-45)46-22-28-50(83-6)29-23-46/h7-33,38-39,55-56,70H,34-37,40H2,1-6H3,(H,75,76)/t55-,56?/m0/s1. The van der Waals surface area contributed by atoms with Crippen LogP contribution in [0.3, 0.4) is 0 Å². The Morgan fingerprint density at radius 3 is 1.81 bits per heavy atom. The minimum Gasteiger partial charge on any atom is -0.497 e. The lowest BCUT2D eigenvalue weighted by atomic mass is 9.78. The van der Waals surface area contributed by atoms with Gasteiger partial charge in [0.1, 0.15) is 71.7 Å². The number of nitrogens with one attached hydrogen (secondary N) is 1. The summed E-state index contributed by atoms with van der Waals surface area (Å²) in [5.74, 6) is -1.17. The Morgan fingerprint density at radius 1 is 0.678 bits per heavy atom. The molecule has 0 radical (unpaired) electrons. The highest BCUT2D eigenvalue weighted by molar-refractivity contribution is 7.91. The number of alkyl halides is 3. The molecule has 0 saturated heterocycles. The number of thiazole rings is 1. The van der Waals surface area contributed by atoms with E-state index in [1.54, 1.807) is 91.0 Å². The number of sulfonamides is 1. The molecule has 2 N–H and O–H groups in total. The fraction of sp³-hybridized carbons (Fsp3) is 0.250. The maximum Gasteiger partial charge on any atom is 0.417 e. The second kappa shape index (κ2) is 27.3. The van der Waals surface area contributed by atoms with Gasteiger partial charge < -0.3 is 28.8 Å². The Hall–Kier alpha value is -9.21. The van der Waals surface area contributed by atoms with Gasteiger partial charge in [0.2, 0.25) is 4.34 Å². The number of hydrogen-bond acceptors (Lipinski definition) is 17. The molecular formula is C64H61F3N6O14S3. The number of aliphatic carboxylic acids is 1. The summed E-state index contributed by atoms with van der Waals surface area (Å²) < 4.78 is 134. The number of halogens is 3. The molecule has 0 fully saturated rings. The van der Waals surface area contributed by atoms with Crippen molar-refractivity contribution in [3.8, 4) is 23.0 Å². The van der Waals surface area contributed by atoms with Crippen LogP contribution in [-0.2, 0) is 69.8 Å². The quantitative estimate of drug-likeness (QED) is 0.0306. The molecule has 0 spiro atoms. The zero-order valence-corrected chi connectivity index (χ0v) is 51.7. The van der Waals surface area contributed by atoms with Crippen LogP contribution in [0.5, 0.6) is 23.0 Å². The Balaban J connectivity index is 0.988. The first kappa shape index (κ1) is 65.2. The first-order chi connectivity index (χ1) is 42.7. The van der Waals surface area contributed by atoms with Crippen molar-refractivity contribution in [3.63, 3.8) is 0 Å². The third-order valence-electron chi connectivity index (χ3n) is 14.0. The zero-order valence-electron chi connectivity index (χ0n) is 49.3. The summed E-state index contributed by atoms with van der Waals surface area (Å²) in [6, 6.07) is 40.3. The second-order valence-electron chi connectivity index (χ2n) is 21.5. The first-order valence-electron chi connectivity index (χ1n) is 27.7. The molecule has 26 heteroatoms. The van der Waals surface area contributed by atoms with E-state index in [4.69, 9.17) is 27.9 Å². The molecule has 0 bridgehead atoms. The highest BCUT2D eigenvalue weighted by Crippen LogP contribution is 2.41. The molecule has 1 unspecified atom stereocenters. The van der Waals surface area contributed by atoms with Crippen LogP contribution in [0, 0.1) is 6.92 Å². The lowest BCUT2D eigenvalue weighted by Crippen LogP contribution is -2.53. The highest BCUT2D eigenvalue weighted by atomic mass is 32.2. The minimum absolute atomic E-state index is 0.0259. The van der Waals surface area contributed by atoms with Crippen molar-refractivity contribution in [2.45, 2.75) is 85.8 Å². The van der Waals surface area contributed by atoms with E-state index in [-0.39, 0.29) is 58.2 Å². The number of carbonyl (C=O) groups is 3. The van der Waals surface area contributed by atoms with Gasteiger partial charge in [0.15, 0.2) is 0 Å². The summed E-state index contributed by atoms with van der Waals surface area (Å²) in [4.78, 5) is 47.6. The topological polar surface area (TPSA) is 254 Å². The van der Waals surface area contributed by atoms with Crippen LogP contribution in [0.25, 0.3) is 10.2 Å². The molecule has 2 amide bonds. The number of nitrogens with zero attached hydrogens (tertiary/aromatic N) is 5. The lowest BCUT2D eigenvalue weighted by Gasteiger charge is -2.36. The Labute approximate surface area is 520 Å². The van der Waals surface area contributed by atoms with Gasteiger partial charge in [-0.25, -0.2) is 32.6 Å². The average molecular weight is 1290 g/mol. The number of rotatable bonds is 25. The molecule has 2 aromatic heterocycles. The number of benzene rings is 7. The molecule has 9 rings (SSSR count). The van der Waals surface area contributed by atoms with Gasteiger partial charge in [-0.1, -0.05) is 102 Å². The van der Waals surface area contributed by atoms with Gasteiger partial charge in [-0.2, -0.15) is 26.3 Å². The fourth-order valence-electron chi connectivity index (χ4n) is 9.57. The molecule has 90 heavy (non-hydrogen) atoms. The molecule has 0 aliphatic heterocycles. The number of carboxylic acids is 1. The summed E-state index contributed by atoms with van der Waals surface area (Å²) in [5, 5.41) is 19.2. The van der Waals surface area contributed by atoms with Crippen molar-refractivity contribution in [2.24, 2.45) is 0 Å². The van der Waals surface area contributed by atoms with E-state index in [9.17, 15) is 44.7 Å². The predicted octanol–water partition coefficient (Wildman–Crippen LogP) is 11.1. The smallest absolute Gasteiger partial charge is 0.417 e. The van der Waals surface area contributed by atoms with Crippen molar-refractivity contribution < 1.29 is 77.4 Å². The van der Waals surface area contributed by atoms with Crippen molar-refractivity contribution >= 4 is 59.7 Å². The highest BCUT2D eigenvalue weighted by Gasteiger charge is 2.44. The van der Waals surface area contributed by atoms with Crippen molar-refractivity contribution in [2.75, 3.05) is 27.4 Å². The summed E-state index contributed by atoms with van der Waals surface area (Å²) in [6.45, 7) is 5.50. The number of fused-ring (bicyclic) bond motifs is 1. The van der Waals surface area contributed by atoms with Gasteiger partial charge in [-0.3, -0.25) is 8.98 Å². The van der Waals surface area contributed by atoms with Gasteiger partial charge in [0.25, 0.3) is 26.0 Å². The Morgan fingerprint density at radius 2 is 1.23 bits per heavy atom. The van der Waals surface area contributed by atoms with Crippen molar-refractivity contribution in [1.82, 2.24) is 29.6 Å². The summed E-state index contributed by atoms with van der Waals surface area (Å²) in [5.41, 5.74) is -0.215. The molecule has 2 heterocycles. The van der Waals surface area contributed by atoms with E-state index in [0.29, 0.717) is 48.9 Å². The number of hydrogen-bond donors (Lipinski definition) is 2. The maximum atomic E-state index is 15.2. The molecular weight excluding hydrogens is 1230 g/mol.